The summed E-state index contributed by atoms with van der Waals surface area (Å²) in [6, 6.07) is -1.00. The van der Waals surface area contributed by atoms with Crippen LogP contribution in [0.1, 0.15) is 425 Å². The van der Waals surface area contributed by atoms with Crippen LogP contribution in [0.5, 0.6) is 0 Å². The average molecular weight is 1160 g/mol. The van der Waals surface area contributed by atoms with Crippen molar-refractivity contribution in [1.82, 2.24) is 5.32 Å². The SMILES string of the molecule is CCCCCCCCCCCCCCCC/C=C\CCCCCCCCCCCCCCCCCCC(O)C(=O)NC(CO)C(O)C(O)CCC/C=C/CCCCCCCCCCCCCCCCCCCCCCCCCCCCC. The van der Waals surface area contributed by atoms with E-state index in [2.05, 4.69) is 43.5 Å². The second-order valence-electron chi connectivity index (χ2n) is 26.3. The van der Waals surface area contributed by atoms with Crippen molar-refractivity contribution in [1.29, 1.82) is 0 Å². The molecule has 0 aliphatic carbocycles. The Bertz CT molecular complexity index is 1260. The van der Waals surface area contributed by atoms with Crippen molar-refractivity contribution in [2.24, 2.45) is 0 Å². The summed E-state index contributed by atoms with van der Waals surface area (Å²) in [5, 5.41) is 44.3. The Morgan fingerprint density at radius 3 is 0.732 bits per heavy atom. The van der Waals surface area contributed by atoms with Crippen molar-refractivity contribution in [2.75, 3.05) is 6.61 Å². The third kappa shape index (κ3) is 63.3. The molecule has 1 amide bonds. The van der Waals surface area contributed by atoms with Crippen LogP contribution in [0.4, 0.5) is 0 Å². The van der Waals surface area contributed by atoms with E-state index in [9.17, 15) is 25.2 Å². The number of allylic oxidation sites excluding steroid dienone is 4. The summed E-state index contributed by atoms with van der Waals surface area (Å²) in [6.07, 6.45) is 90.5. The first-order chi connectivity index (χ1) is 40.5. The first-order valence-electron chi connectivity index (χ1n) is 37.7. The summed E-state index contributed by atoms with van der Waals surface area (Å²) in [5.74, 6) is -0.585. The van der Waals surface area contributed by atoms with Crippen molar-refractivity contribution < 1.29 is 25.2 Å². The molecule has 5 N–H and O–H groups in total. The number of aliphatic hydroxyl groups is 4. The van der Waals surface area contributed by atoms with Gasteiger partial charge in [-0.05, 0) is 64.2 Å². The van der Waals surface area contributed by atoms with Gasteiger partial charge in [0.2, 0.25) is 5.91 Å². The van der Waals surface area contributed by atoms with E-state index in [1.165, 1.54) is 360 Å². The van der Waals surface area contributed by atoms with Crippen LogP contribution >= 0.6 is 0 Å². The van der Waals surface area contributed by atoms with Crippen molar-refractivity contribution in [2.45, 2.75) is 449 Å². The number of carbonyl (C=O) groups excluding carboxylic acids is 1. The number of hydrogen-bond acceptors (Lipinski definition) is 5. The van der Waals surface area contributed by atoms with Crippen LogP contribution in [0.15, 0.2) is 24.3 Å². The van der Waals surface area contributed by atoms with Crippen LogP contribution < -0.4 is 5.32 Å². The first-order valence-corrected chi connectivity index (χ1v) is 37.7. The average Bonchev–Trinajstić information content (AvgIpc) is 3.48. The predicted molar refractivity (Wildman–Crippen MR) is 362 cm³/mol. The molecule has 0 saturated heterocycles. The van der Waals surface area contributed by atoms with Gasteiger partial charge in [-0.15, -0.1) is 0 Å². The Morgan fingerprint density at radius 2 is 0.500 bits per heavy atom. The highest BCUT2D eigenvalue weighted by atomic mass is 16.3. The number of nitrogens with one attached hydrogen (secondary N) is 1. The van der Waals surface area contributed by atoms with Crippen LogP contribution in [-0.2, 0) is 4.79 Å². The van der Waals surface area contributed by atoms with Gasteiger partial charge >= 0.3 is 0 Å². The minimum atomic E-state index is -1.28. The lowest BCUT2D eigenvalue weighted by molar-refractivity contribution is -0.132. The van der Waals surface area contributed by atoms with Crippen LogP contribution in [0.3, 0.4) is 0 Å². The maximum Gasteiger partial charge on any atom is 0.249 e. The molecule has 0 spiro atoms. The highest BCUT2D eigenvalue weighted by Crippen LogP contribution is 2.20. The minimum Gasteiger partial charge on any atom is -0.394 e. The maximum absolute atomic E-state index is 12.7. The molecule has 0 aromatic carbocycles. The summed E-state index contributed by atoms with van der Waals surface area (Å²) in [5.41, 5.74) is 0. The zero-order valence-electron chi connectivity index (χ0n) is 55.8. The van der Waals surface area contributed by atoms with E-state index in [-0.39, 0.29) is 0 Å². The Labute approximate surface area is 514 Å². The molecule has 4 atom stereocenters. The summed E-state index contributed by atoms with van der Waals surface area (Å²) in [6.45, 7) is 4.11. The quantitative estimate of drug-likeness (QED) is 0.0308. The smallest absolute Gasteiger partial charge is 0.249 e. The van der Waals surface area contributed by atoms with Crippen LogP contribution in [0.25, 0.3) is 0 Å². The largest absolute Gasteiger partial charge is 0.394 e. The second-order valence-corrected chi connectivity index (χ2v) is 26.3. The van der Waals surface area contributed by atoms with Gasteiger partial charge in [0.25, 0.3) is 0 Å². The van der Waals surface area contributed by atoms with Crippen LogP contribution in [-0.4, -0.2) is 57.3 Å². The Morgan fingerprint density at radius 1 is 0.293 bits per heavy atom. The standard InChI is InChI=1S/C76H149NO5/c1-3-5-7-9-11-13-15-17-19-21-23-25-27-29-31-33-35-37-38-40-42-44-46-48-50-52-54-56-58-60-62-64-66-68-70-74(80)76(82)77-72(71-78)75(81)73(79)69-67-65-63-61-59-57-55-53-51-49-47-45-43-41-39-36-34-32-30-28-26-24-22-20-18-16-14-12-10-8-6-4-2/h33,35,61,63,72-75,78-81H,3-32,34,36-60,62,64-71H2,1-2H3,(H,77,82)/b35-33-,63-61+. The van der Waals surface area contributed by atoms with Gasteiger partial charge in [0.1, 0.15) is 12.2 Å². The third-order valence-corrected chi connectivity index (χ3v) is 18.1. The van der Waals surface area contributed by atoms with Gasteiger partial charge in [0, 0.05) is 0 Å². The van der Waals surface area contributed by atoms with Crippen LogP contribution in [0, 0.1) is 0 Å². The molecule has 0 rings (SSSR count). The van der Waals surface area contributed by atoms with E-state index in [1.54, 1.807) is 0 Å². The van der Waals surface area contributed by atoms with E-state index < -0.39 is 36.9 Å². The molecule has 488 valence electrons. The molecule has 6 nitrogen and oxygen atoms in total. The number of unbranched alkanes of at least 4 members (excludes halogenated alkanes) is 58. The summed E-state index contributed by atoms with van der Waals surface area (Å²) < 4.78 is 0. The fourth-order valence-electron chi connectivity index (χ4n) is 12.3. The lowest BCUT2D eigenvalue weighted by Gasteiger charge is -2.27. The molecule has 0 aliphatic rings. The summed E-state index contributed by atoms with van der Waals surface area (Å²) in [4.78, 5) is 12.7. The zero-order chi connectivity index (χ0) is 59.4. The van der Waals surface area contributed by atoms with Crippen molar-refractivity contribution in [3.63, 3.8) is 0 Å². The molecule has 82 heavy (non-hydrogen) atoms. The Hall–Kier alpha value is -1.21. The Balaban J connectivity index is 3.53. The van der Waals surface area contributed by atoms with Gasteiger partial charge in [-0.3, -0.25) is 4.79 Å². The minimum absolute atomic E-state index is 0.367. The second kappa shape index (κ2) is 70.6. The number of rotatable bonds is 71. The molecule has 0 aliphatic heterocycles. The van der Waals surface area contributed by atoms with Gasteiger partial charge in [-0.25, -0.2) is 0 Å². The predicted octanol–water partition coefficient (Wildman–Crippen LogP) is 23.7. The van der Waals surface area contributed by atoms with Gasteiger partial charge in [0.05, 0.1) is 18.8 Å². The Kier molecular flexibility index (Phi) is 69.5. The lowest BCUT2D eigenvalue weighted by Crippen LogP contribution is -2.53. The van der Waals surface area contributed by atoms with E-state index in [1.807, 2.05) is 0 Å². The van der Waals surface area contributed by atoms with Crippen LogP contribution in [0.2, 0.25) is 0 Å². The number of carbonyl (C=O) groups is 1. The monoisotopic (exact) mass is 1160 g/mol. The van der Waals surface area contributed by atoms with Gasteiger partial charge in [-0.2, -0.15) is 0 Å². The van der Waals surface area contributed by atoms with Gasteiger partial charge in [-0.1, -0.05) is 385 Å². The number of hydrogen-bond donors (Lipinski definition) is 5. The zero-order valence-corrected chi connectivity index (χ0v) is 55.8. The van der Waals surface area contributed by atoms with Crippen molar-refractivity contribution in [3.8, 4) is 0 Å². The van der Waals surface area contributed by atoms with Crippen molar-refractivity contribution >= 4 is 5.91 Å². The van der Waals surface area contributed by atoms with Crippen molar-refractivity contribution in [3.05, 3.63) is 24.3 Å². The molecule has 0 bridgehead atoms. The molecule has 0 aromatic rings. The summed E-state index contributed by atoms with van der Waals surface area (Å²) >= 11 is 0. The molecule has 0 radical (unpaired) electrons. The highest BCUT2D eigenvalue weighted by molar-refractivity contribution is 5.80. The number of aliphatic hydroxyl groups excluding tert-OH is 4. The summed E-state index contributed by atoms with van der Waals surface area (Å²) in [7, 11) is 0. The highest BCUT2D eigenvalue weighted by Gasteiger charge is 2.28. The third-order valence-electron chi connectivity index (χ3n) is 18.1. The maximum atomic E-state index is 12.7. The van der Waals surface area contributed by atoms with E-state index in [0.29, 0.717) is 12.8 Å². The molecule has 0 fully saturated rings. The van der Waals surface area contributed by atoms with Gasteiger partial charge in [0.15, 0.2) is 0 Å². The fourth-order valence-corrected chi connectivity index (χ4v) is 12.3. The molecule has 6 heteroatoms. The van der Waals surface area contributed by atoms with E-state index in [0.717, 1.165) is 38.5 Å². The molecule has 0 aromatic heterocycles. The van der Waals surface area contributed by atoms with Gasteiger partial charge < -0.3 is 25.7 Å². The molecular weight excluding hydrogens is 1010 g/mol. The first kappa shape index (κ1) is 80.8. The normalized spacial score (nSPS) is 13.5. The molecule has 4 unspecified atom stereocenters. The fraction of sp³-hybridized carbons (Fsp3) is 0.934. The lowest BCUT2D eigenvalue weighted by atomic mass is 10.00. The number of amides is 1. The molecule has 0 saturated carbocycles. The molecular formula is C76H149NO5. The van der Waals surface area contributed by atoms with E-state index >= 15 is 0 Å². The topological polar surface area (TPSA) is 110 Å². The molecule has 0 heterocycles. The van der Waals surface area contributed by atoms with E-state index in [4.69, 9.17) is 0 Å².